The lowest BCUT2D eigenvalue weighted by Crippen LogP contribution is -2.14. The van der Waals surface area contributed by atoms with E-state index in [9.17, 15) is 8.42 Å². The molecule has 0 aliphatic heterocycles. The molecule has 2 rings (SSSR count). The Morgan fingerprint density at radius 3 is 2.33 bits per heavy atom. The van der Waals surface area contributed by atoms with E-state index in [2.05, 4.69) is 4.72 Å². The first-order chi connectivity index (χ1) is 9.85. The lowest BCUT2D eigenvalue weighted by molar-refractivity contribution is 0.411. The molecule has 0 aliphatic carbocycles. The lowest BCUT2D eigenvalue weighted by Gasteiger charge is -2.13. The van der Waals surface area contributed by atoms with Crippen LogP contribution in [0.25, 0.3) is 0 Å². The van der Waals surface area contributed by atoms with E-state index in [1.54, 1.807) is 31.4 Å². The number of hydrogen-bond donors (Lipinski definition) is 1. The van der Waals surface area contributed by atoms with Gasteiger partial charge in [0.05, 0.1) is 17.7 Å². The average molecular weight is 305 g/mol. The molecule has 4 nitrogen and oxygen atoms in total. The van der Waals surface area contributed by atoms with Gasteiger partial charge in [0.25, 0.3) is 10.0 Å². The molecule has 0 saturated carbocycles. The third kappa shape index (κ3) is 3.19. The fourth-order valence-electron chi connectivity index (χ4n) is 2.08. The zero-order chi connectivity index (χ0) is 15.6. The number of methoxy groups -OCH3 is 1. The molecule has 0 heterocycles. The molecular formula is C16H19NO3S. The van der Waals surface area contributed by atoms with E-state index in [1.165, 1.54) is 0 Å². The number of anilines is 1. The van der Waals surface area contributed by atoms with Crippen LogP contribution in [0.1, 0.15) is 16.7 Å². The summed E-state index contributed by atoms with van der Waals surface area (Å²) in [7, 11) is -2.05. The highest BCUT2D eigenvalue weighted by atomic mass is 32.2. The van der Waals surface area contributed by atoms with E-state index in [0.29, 0.717) is 11.4 Å². The Bertz CT molecular complexity index is 767. The molecule has 112 valence electrons. The van der Waals surface area contributed by atoms with Crippen LogP contribution in [-0.4, -0.2) is 15.5 Å². The SMILES string of the molecule is COc1ccc(S(=O)(=O)Nc2cccc(C)c2C)cc1C. The van der Waals surface area contributed by atoms with E-state index in [-0.39, 0.29) is 4.90 Å². The topological polar surface area (TPSA) is 55.4 Å². The Hall–Kier alpha value is -2.01. The van der Waals surface area contributed by atoms with Gasteiger partial charge in [-0.05, 0) is 61.7 Å². The summed E-state index contributed by atoms with van der Waals surface area (Å²) in [4.78, 5) is 0.224. The summed E-state index contributed by atoms with van der Waals surface area (Å²) in [6, 6.07) is 10.3. The van der Waals surface area contributed by atoms with Crippen molar-refractivity contribution >= 4 is 15.7 Å². The van der Waals surface area contributed by atoms with Crippen LogP contribution in [0, 0.1) is 20.8 Å². The molecule has 0 unspecified atom stereocenters. The molecule has 5 heteroatoms. The van der Waals surface area contributed by atoms with Gasteiger partial charge in [0.1, 0.15) is 5.75 Å². The van der Waals surface area contributed by atoms with Crippen molar-refractivity contribution in [3.8, 4) is 5.75 Å². The third-order valence-electron chi connectivity index (χ3n) is 3.53. The first-order valence-electron chi connectivity index (χ1n) is 6.59. The molecule has 0 aliphatic rings. The molecule has 21 heavy (non-hydrogen) atoms. The summed E-state index contributed by atoms with van der Waals surface area (Å²) in [6.45, 7) is 5.66. The van der Waals surface area contributed by atoms with Gasteiger partial charge < -0.3 is 4.74 Å². The minimum absolute atomic E-state index is 0.224. The van der Waals surface area contributed by atoms with Crippen LogP contribution in [0.5, 0.6) is 5.75 Å². The predicted octanol–water partition coefficient (Wildman–Crippen LogP) is 3.42. The summed E-state index contributed by atoms with van der Waals surface area (Å²) in [6.07, 6.45) is 0. The van der Waals surface area contributed by atoms with Crippen molar-refractivity contribution in [3.63, 3.8) is 0 Å². The number of sulfonamides is 1. The van der Waals surface area contributed by atoms with Gasteiger partial charge in [-0.3, -0.25) is 4.72 Å². The highest BCUT2D eigenvalue weighted by Crippen LogP contribution is 2.25. The zero-order valence-electron chi connectivity index (χ0n) is 12.6. The van der Waals surface area contributed by atoms with E-state index in [1.807, 2.05) is 32.9 Å². The van der Waals surface area contributed by atoms with Crippen LogP contribution >= 0.6 is 0 Å². The smallest absolute Gasteiger partial charge is 0.261 e. The molecular weight excluding hydrogens is 286 g/mol. The van der Waals surface area contributed by atoms with Crippen molar-refractivity contribution < 1.29 is 13.2 Å². The second-order valence-corrected chi connectivity index (χ2v) is 6.67. The van der Waals surface area contributed by atoms with Crippen molar-refractivity contribution in [2.75, 3.05) is 11.8 Å². The second-order valence-electron chi connectivity index (χ2n) is 4.98. The van der Waals surface area contributed by atoms with Gasteiger partial charge in [0, 0.05) is 0 Å². The summed E-state index contributed by atoms with van der Waals surface area (Å²) < 4.78 is 32.7. The van der Waals surface area contributed by atoms with Gasteiger partial charge in [0.15, 0.2) is 0 Å². The van der Waals surface area contributed by atoms with Crippen LogP contribution in [0.4, 0.5) is 5.69 Å². The van der Waals surface area contributed by atoms with Crippen molar-refractivity contribution in [2.24, 2.45) is 0 Å². The van der Waals surface area contributed by atoms with Gasteiger partial charge >= 0.3 is 0 Å². The maximum absolute atomic E-state index is 12.5. The molecule has 0 bridgehead atoms. The van der Waals surface area contributed by atoms with Crippen molar-refractivity contribution in [1.29, 1.82) is 0 Å². The molecule has 0 aromatic heterocycles. The second kappa shape index (κ2) is 5.77. The quantitative estimate of drug-likeness (QED) is 0.941. The number of ether oxygens (including phenoxy) is 1. The van der Waals surface area contributed by atoms with Crippen LogP contribution in [0.3, 0.4) is 0 Å². The normalized spacial score (nSPS) is 11.2. The molecule has 0 atom stereocenters. The summed E-state index contributed by atoms with van der Waals surface area (Å²) in [5.74, 6) is 0.667. The van der Waals surface area contributed by atoms with Gasteiger partial charge in [0.2, 0.25) is 0 Å². The predicted molar refractivity (Wildman–Crippen MR) is 84.5 cm³/mol. The summed E-state index contributed by atoms with van der Waals surface area (Å²) >= 11 is 0. The maximum atomic E-state index is 12.5. The Morgan fingerprint density at radius 2 is 1.71 bits per heavy atom. The molecule has 1 N–H and O–H groups in total. The van der Waals surface area contributed by atoms with Gasteiger partial charge in [-0.25, -0.2) is 8.42 Å². The lowest BCUT2D eigenvalue weighted by atomic mass is 10.1. The van der Waals surface area contributed by atoms with E-state index in [0.717, 1.165) is 16.7 Å². The first kappa shape index (κ1) is 15.4. The van der Waals surface area contributed by atoms with Crippen LogP contribution in [-0.2, 0) is 10.0 Å². The maximum Gasteiger partial charge on any atom is 0.261 e. The molecule has 2 aromatic rings. The molecule has 0 spiro atoms. The van der Waals surface area contributed by atoms with Gasteiger partial charge in [-0.2, -0.15) is 0 Å². The molecule has 0 radical (unpaired) electrons. The Morgan fingerprint density at radius 1 is 1.00 bits per heavy atom. The van der Waals surface area contributed by atoms with Crippen molar-refractivity contribution in [1.82, 2.24) is 0 Å². The zero-order valence-corrected chi connectivity index (χ0v) is 13.4. The number of nitrogens with one attached hydrogen (secondary N) is 1. The molecule has 0 fully saturated rings. The Labute approximate surface area is 125 Å². The first-order valence-corrected chi connectivity index (χ1v) is 8.07. The molecule has 2 aromatic carbocycles. The molecule has 0 saturated heterocycles. The fraction of sp³-hybridized carbons (Fsp3) is 0.250. The van der Waals surface area contributed by atoms with Crippen molar-refractivity contribution in [2.45, 2.75) is 25.7 Å². The summed E-state index contributed by atoms with van der Waals surface area (Å²) in [5.41, 5.74) is 3.34. The number of aryl methyl sites for hydroxylation is 2. The number of rotatable bonds is 4. The number of hydrogen-bond acceptors (Lipinski definition) is 3. The Balaban J connectivity index is 2.39. The van der Waals surface area contributed by atoms with Gasteiger partial charge in [-0.1, -0.05) is 12.1 Å². The fourth-order valence-corrected chi connectivity index (χ4v) is 3.29. The van der Waals surface area contributed by atoms with Crippen molar-refractivity contribution in [3.05, 3.63) is 53.1 Å². The minimum Gasteiger partial charge on any atom is -0.496 e. The standard InChI is InChI=1S/C16H19NO3S/c1-11-6-5-7-15(13(11)3)17-21(18,19)14-8-9-16(20-4)12(2)10-14/h5-10,17H,1-4H3. The largest absolute Gasteiger partial charge is 0.496 e. The molecule has 0 amide bonds. The van der Waals surface area contributed by atoms with E-state index >= 15 is 0 Å². The average Bonchev–Trinajstić information content (AvgIpc) is 2.43. The van der Waals surface area contributed by atoms with E-state index < -0.39 is 10.0 Å². The Kier molecular flexibility index (Phi) is 4.23. The van der Waals surface area contributed by atoms with Crippen LogP contribution < -0.4 is 9.46 Å². The highest BCUT2D eigenvalue weighted by Gasteiger charge is 2.16. The summed E-state index contributed by atoms with van der Waals surface area (Å²) in [5, 5.41) is 0. The minimum atomic E-state index is -3.61. The van der Waals surface area contributed by atoms with E-state index in [4.69, 9.17) is 4.74 Å². The van der Waals surface area contributed by atoms with Gasteiger partial charge in [-0.15, -0.1) is 0 Å². The highest BCUT2D eigenvalue weighted by molar-refractivity contribution is 7.92. The number of benzene rings is 2. The van der Waals surface area contributed by atoms with Crippen LogP contribution in [0.2, 0.25) is 0 Å². The monoisotopic (exact) mass is 305 g/mol. The third-order valence-corrected chi connectivity index (χ3v) is 4.89. The van der Waals surface area contributed by atoms with Crippen LogP contribution in [0.15, 0.2) is 41.3 Å².